The molecule has 1 aromatic rings. The number of hydrogen-bond donors (Lipinski definition) is 2. The van der Waals surface area contributed by atoms with E-state index in [4.69, 9.17) is 14.2 Å². The van der Waals surface area contributed by atoms with Crippen molar-refractivity contribution in [2.45, 2.75) is 77.9 Å². The molecule has 2 N–H and O–H groups in total. The van der Waals surface area contributed by atoms with Gasteiger partial charge in [-0.1, -0.05) is 13.8 Å². The number of aliphatic carboxylic acids is 1. The van der Waals surface area contributed by atoms with Crippen LogP contribution in [0.1, 0.15) is 52.2 Å². The molecule has 1 fully saturated rings. The van der Waals surface area contributed by atoms with Crippen LogP contribution in [-0.4, -0.2) is 81.4 Å². The molecule has 2 aliphatic rings. The maximum atomic E-state index is 13.3. The summed E-state index contributed by atoms with van der Waals surface area (Å²) >= 11 is 0. The van der Waals surface area contributed by atoms with Gasteiger partial charge in [0.15, 0.2) is 0 Å². The molecule has 12 nitrogen and oxygen atoms in total. The minimum absolute atomic E-state index is 0.0553. The number of alkyl carbamates (subject to hydrolysis) is 1. The molecule has 0 unspecified atom stereocenters. The number of carbonyl (C=O) groups excluding carboxylic acids is 3. The van der Waals surface area contributed by atoms with Gasteiger partial charge in [0.2, 0.25) is 11.8 Å². The van der Waals surface area contributed by atoms with Crippen molar-refractivity contribution in [3.05, 3.63) is 23.4 Å². The number of carboxylic acids is 1. The highest BCUT2D eigenvalue weighted by atomic mass is 16.6. The van der Waals surface area contributed by atoms with Crippen molar-refractivity contribution in [2.24, 2.45) is 5.92 Å². The zero-order chi connectivity index (χ0) is 26.8. The second kappa shape index (κ2) is 10.6. The molecule has 0 bridgehead atoms. The molecule has 0 saturated carbocycles. The average molecular weight is 507 g/mol. The van der Waals surface area contributed by atoms with E-state index in [1.165, 1.54) is 12.0 Å². The van der Waals surface area contributed by atoms with Gasteiger partial charge in [0.25, 0.3) is 0 Å². The number of nitrogens with zero attached hydrogens (tertiary/aromatic N) is 3. The fraction of sp³-hybridized carbons (Fsp3) is 0.625. The molecular formula is C24H34N4O8. The van der Waals surface area contributed by atoms with E-state index in [9.17, 15) is 24.3 Å². The Hall–Kier alpha value is -3.57. The van der Waals surface area contributed by atoms with E-state index in [0.29, 0.717) is 19.0 Å². The van der Waals surface area contributed by atoms with Gasteiger partial charge in [0.1, 0.15) is 23.8 Å². The molecule has 3 atom stereocenters. The average Bonchev–Trinajstić information content (AvgIpc) is 3.39. The van der Waals surface area contributed by atoms with Gasteiger partial charge >= 0.3 is 18.2 Å². The number of methoxy groups -OCH3 is 1. The van der Waals surface area contributed by atoms with Crippen LogP contribution in [0.4, 0.5) is 9.59 Å². The van der Waals surface area contributed by atoms with Crippen molar-refractivity contribution in [1.29, 1.82) is 0 Å². The summed E-state index contributed by atoms with van der Waals surface area (Å²) in [5.74, 6) is -1.69. The number of hydrogen-bond acceptors (Lipinski definition) is 8. The molecule has 36 heavy (non-hydrogen) atoms. The van der Waals surface area contributed by atoms with Gasteiger partial charge in [-0.2, -0.15) is 0 Å². The molecule has 3 amide bonds. The number of carbonyl (C=O) groups is 4. The Morgan fingerprint density at radius 3 is 2.42 bits per heavy atom. The Balaban J connectivity index is 1.66. The number of fused-ring (bicyclic) bond motifs is 1. The third-order valence-electron chi connectivity index (χ3n) is 5.95. The summed E-state index contributed by atoms with van der Waals surface area (Å²) in [6.07, 6.45) is -0.612. The second-order valence-electron chi connectivity index (χ2n) is 10.3. The lowest BCUT2D eigenvalue weighted by Crippen LogP contribution is -2.54. The minimum atomic E-state index is -1.21. The Bertz CT molecular complexity index is 1020. The van der Waals surface area contributed by atoms with Gasteiger partial charge < -0.3 is 29.5 Å². The number of rotatable bonds is 6. The van der Waals surface area contributed by atoms with Crippen molar-refractivity contribution in [1.82, 2.24) is 20.1 Å². The van der Waals surface area contributed by atoms with Gasteiger partial charge in [0, 0.05) is 25.2 Å². The van der Waals surface area contributed by atoms with Crippen LogP contribution >= 0.6 is 0 Å². The quantitative estimate of drug-likeness (QED) is 0.592. The van der Waals surface area contributed by atoms with E-state index < -0.39 is 47.9 Å². The number of amides is 3. The second-order valence-corrected chi connectivity index (χ2v) is 10.3. The van der Waals surface area contributed by atoms with Crippen molar-refractivity contribution >= 4 is 24.1 Å². The van der Waals surface area contributed by atoms with Crippen molar-refractivity contribution in [3.8, 4) is 5.88 Å². The summed E-state index contributed by atoms with van der Waals surface area (Å²) in [5, 5.41) is 12.3. The van der Waals surface area contributed by atoms with Gasteiger partial charge in [-0.05, 0) is 37.8 Å². The van der Waals surface area contributed by atoms with E-state index >= 15 is 0 Å². The Morgan fingerprint density at radius 1 is 1.17 bits per heavy atom. The summed E-state index contributed by atoms with van der Waals surface area (Å²) in [5.41, 5.74) is 0.993. The third-order valence-corrected chi connectivity index (χ3v) is 5.95. The van der Waals surface area contributed by atoms with Gasteiger partial charge in [-0.3, -0.25) is 9.69 Å². The van der Waals surface area contributed by atoms with Gasteiger partial charge in [0.05, 0.1) is 20.2 Å². The van der Waals surface area contributed by atoms with Crippen molar-refractivity contribution in [2.75, 3.05) is 13.7 Å². The molecule has 3 rings (SSSR count). The van der Waals surface area contributed by atoms with Gasteiger partial charge in [-0.15, -0.1) is 0 Å². The molecule has 1 aromatic heterocycles. The van der Waals surface area contributed by atoms with Gasteiger partial charge in [-0.25, -0.2) is 19.4 Å². The molecule has 198 valence electrons. The number of carboxylic acid groups (broad SMARTS) is 1. The number of aromatic nitrogens is 1. The predicted octanol–water partition coefficient (Wildman–Crippen LogP) is 2.15. The predicted molar refractivity (Wildman–Crippen MR) is 126 cm³/mol. The van der Waals surface area contributed by atoms with E-state index in [-0.39, 0.29) is 18.9 Å². The van der Waals surface area contributed by atoms with Crippen LogP contribution in [0.25, 0.3) is 0 Å². The van der Waals surface area contributed by atoms with Crippen LogP contribution in [0.2, 0.25) is 0 Å². The lowest BCUT2D eigenvalue weighted by Gasteiger charge is -2.30. The molecule has 12 heteroatoms. The summed E-state index contributed by atoms with van der Waals surface area (Å²) in [6.45, 7) is 9.07. The first-order valence-corrected chi connectivity index (χ1v) is 11.8. The number of pyridine rings is 1. The monoisotopic (exact) mass is 506 g/mol. The smallest absolute Gasteiger partial charge is 0.410 e. The molecule has 0 aliphatic carbocycles. The van der Waals surface area contributed by atoms with E-state index in [1.54, 1.807) is 46.9 Å². The maximum absolute atomic E-state index is 13.3. The number of nitrogens with one attached hydrogen (secondary N) is 1. The highest BCUT2D eigenvalue weighted by molar-refractivity contribution is 5.90. The summed E-state index contributed by atoms with van der Waals surface area (Å²) < 4.78 is 16.0. The fourth-order valence-corrected chi connectivity index (χ4v) is 4.21. The van der Waals surface area contributed by atoms with Crippen molar-refractivity contribution in [3.63, 3.8) is 0 Å². The highest BCUT2D eigenvalue weighted by Gasteiger charge is 2.45. The zero-order valence-corrected chi connectivity index (χ0v) is 21.4. The Labute approximate surface area is 209 Å². The lowest BCUT2D eigenvalue weighted by atomic mass is 10.0. The molecule has 0 radical (unpaired) electrons. The molecule has 2 aliphatic heterocycles. The van der Waals surface area contributed by atoms with Crippen LogP contribution < -0.4 is 10.1 Å². The van der Waals surface area contributed by atoms with Crippen LogP contribution in [0.5, 0.6) is 5.88 Å². The van der Waals surface area contributed by atoms with E-state index in [2.05, 4.69) is 10.3 Å². The summed E-state index contributed by atoms with van der Waals surface area (Å²) in [7, 11) is 1.51. The first kappa shape index (κ1) is 27.0. The molecule has 0 spiro atoms. The zero-order valence-electron chi connectivity index (χ0n) is 21.4. The standard InChI is InChI=1S/C24H34N4O8/c1-13(2)19(26-22(32)36-24(3,4)5)20(29)28-12-16(8-17(28)21(30)31)35-23(33)27-10-14-7-18(34-6)25-9-15(14)11-27/h7,9,13,16-17,19H,8,10-12H2,1-6H3,(H,26,32)(H,30,31)/t16-,17+,19+/m1/s1. The van der Waals surface area contributed by atoms with E-state index in [0.717, 1.165) is 16.0 Å². The minimum Gasteiger partial charge on any atom is -0.481 e. The maximum Gasteiger partial charge on any atom is 0.410 e. The summed E-state index contributed by atoms with van der Waals surface area (Å²) in [4.78, 5) is 57.2. The van der Waals surface area contributed by atoms with Crippen LogP contribution in [0.3, 0.4) is 0 Å². The first-order chi connectivity index (χ1) is 16.8. The normalized spacial score (nSPS) is 20.1. The summed E-state index contributed by atoms with van der Waals surface area (Å²) in [6, 6.07) is -0.448. The van der Waals surface area contributed by atoms with Crippen LogP contribution in [-0.2, 0) is 32.2 Å². The molecular weight excluding hydrogens is 472 g/mol. The number of likely N-dealkylation sites (tertiary alicyclic amines) is 1. The SMILES string of the molecule is COc1cc2c(cn1)CN(C(=O)O[C@@H]1C[C@@H](C(=O)O)N(C(=O)[C@@H](NC(=O)OC(C)(C)C)C(C)C)C1)C2. The molecule has 1 saturated heterocycles. The fourth-order valence-electron chi connectivity index (χ4n) is 4.21. The third kappa shape index (κ3) is 6.35. The first-order valence-electron chi connectivity index (χ1n) is 11.8. The topological polar surface area (TPSA) is 148 Å². The number of ether oxygens (including phenoxy) is 3. The Kier molecular flexibility index (Phi) is 7.95. The van der Waals surface area contributed by atoms with Crippen LogP contribution in [0, 0.1) is 5.92 Å². The molecule has 3 heterocycles. The Morgan fingerprint density at radius 2 is 1.83 bits per heavy atom. The van der Waals surface area contributed by atoms with Crippen molar-refractivity contribution < 1.29 is 38.5 Å². The molecule has 0 aromatic carbocycles. The highest BCUT2D eigenvalue weighted by Crippen LogP contribution is 2.28. The van der Waals surface area contributed by atoms with Crippen LogP contribution in [0.15, 0.2) is 12.3 Å². The lowest BCUT2D eigenvalue weighted by molar-refractivity contribution is -0.149. The largest absolute Gasteiger partial charge is 0.481 e. The van der Waals surface area contributed by atoms with E-state index in [1.807, 2.05) is 0 Å².